The number of nitrogens with zero attached hydrogens (tertiary/aromatic N) is 5. The van der Waals surface area contributed by atoms with E-state index in [4.69, 9.17) is 0 Å². The van der Waals surface area contributed by atoms with E-state index in [2.05, 4.69) is 25.2 Å². The second kappa shape index (κ2) is 5.31. The number of rotatable bonds is 4. The number of hydrogen-bond acceptors (Lipinski definition) is 4. The molecule has 0 aromatic carbocycles. The number of hydrogen-bond donors (Lipinski definition) is 1. The number of aromatic nitrogens is 5. The van der Waals surface area contributed by atoms with Crippen LogP contribution in [0.15, 0.2) is 6.07 Å². The fraction of sp³-hybridized carbons (Fsp3) is 0.571. The van der Waals surface area contributed by atoms with Crippen LogP contribution in [0.2, 0.25) is 0 Å². The quantitative estimate of drug-likeness (QED) is 0.907. The third kappa shape index (κ3) is 2.68. The first kappa shape index (κ1) is 13.8. The van der Waals surface area contributed by atoms with Gasteiger partial charge in [-0.3, -0.25) is 9.48 Å². The molecule has 3 heterocycles. The van der Waals surface area contributed by atoms with Crippen LogP contribution in [0.4, 0.5) is 0 Å². The molecule has 2 aromatic rings. The second-order valence-electron chi connectivity index (χ2n) is 5.60. The molecular weight excluding hydrogens is 268 g/mol. The van der Waals surface area contributed by atoms with E-state index in [0.717, 1.165) is 42.4 Å². The van der Waals surface area contributed by atoms with E-state index in [0.29, 0.717) is 0 Å². The average molecular weight is 288 g/mol. The standard InChI is InChI=1S/C14H20N6O/c1-9-7-10(2)20(18-9)8-13(21)15-11(3)14-17-16-12-5-4-6-19(12)14/h7,11H,4-6,8H2,1-3H3,(H,15,21)/t11-/m1/s1. The van der Waals surface area contributed by atoms with Gasteiger partial charge in [0.15, 0.2) is 5.82 Å². The topological polar surface area (TPSA) is 77.6 Å². The van der Waals surface area contributed by atoms with Crippen molar-refractivity contribution in [3.63, 3.8) is 0 Å². The zero-order valence-corrected chi connectivity index (χ0v) is 12.6. The molecule has 7 heteroatoms. The lowest BCUT2D eigenvalue weighted by Gasteiger charge is -2.14. The molecule has 21 heavy (non-hydrogen) atoms. The van der Waals surface area contributed by atoms with Crippen LogP contribution in [-0.4, -0.2) is 30.5 Å². The normalized spacial score (nSPS) is 15.0. The minimum Gasteiger partial charge on any atom is -0.345 e. The molecule has 0 bridgehead atoms. The van der Waals surface area contributed by atoms with Crippen LogP contribution >= 0.6 is 0 Å². The lowest BCUT2D eigenvalue weighted by atomic mass is 10.3. The van der Waals surface area contributed by atoms with Gasteiger partial charge in [-0.2, -0.15) is 5.10 Å². The Kier molecular flexibility index (Phi) is 3.48. The number of aryl methyl sites for hydroxylation is 3. The first-order valence-electron chi connectivity index (χ1n) is 7.27. The molecular formula is C14H20N6O. The molecule has 2 aromatic heterocycles. The number of fused-ring (bicyclic) bond motifs is 1. The molecule has 1 aliphatic rings. The maximum atomic E-state index is 12.2. The van der Waals surface area contributed by atoms with Crippen LogP contribution in [0.25, 0.3) is 0 Å². The Bertz CT molecular complexity index is 671. The maximum absolute atomic E-state index is 12.2. The zero-order valence-electron chi connectivity index (χ0n) is 12.6. The number of carbonyl (C=O) groups excluding carboxylic acids is 1. The van der Waals surface area contributed by atoms with E-state index >= 15 is 0 Å². The molecule has 0 spiro atoms. The average Bonchev–Trinajstić information content (AvgIpc) is 3.05. The first-order chi connectivity index (χ1) is 10.0. The summed E-state index contributed by atoms with van der Waals surface area (Å²) in [7, 11) is 0. The highest BCUT2D eigenvalue weighted by molar-refractivity contribution is 5.76. The molecule has 0 fully saturated rings. The molecule has 7 nitrogen and oxygen atoms in total. The number of carbonyl (C=O) groups is 1. The summed E-state index contributed by atoms with van der Waals surface area (Å²) >= 11 is 0. The van der Waals surface area contributed by atoms with Gasteiger partial charge in [0.05, 0.1) is 11.7 Å². The molecule has 0 radical (unpaired) electrons. The largest absolute Gasteiger partial charge is 0.345 e. The molecule has 1 atom stereocenters. The summed E-state index contributed by atoms with van der Waals surface area (Å²) in [4.78, 5) is 12.2. The minimum absolute atomic E-state index is 0.0657. The van der Waals surface area contributed by atoms with Gasteiger partial charge in [-0.1, -0.05) is 0 Å². The van der Waals surface area contributed by atoms with Crippen molar-refractivity contribution in [2.24, 2.45) is 0 Å². The number of amides is 1. The maximum Gasteiger partial charge on any atom is 0.242 e. The van der Waals surface area contributed by atoms with Gasteiger partial charge in [0.2, 0.25) is 5.91 Å². The summed E-state index contributed by atoms with van der Waals surface area (Å²) in [6.45, 7) is 6.97. The predicted octanol–water partition coefficient (Wildman–Crippen LogP) is 0.915. The molecule has 1 N–H and O–H groups in total. The third-order valence-electron chi connectivity index (χ3n) is 3.80. The highest BCUT2D eigenvalue weighted by Gasteiger charge is 2.22. The van der Waals surface area contributed by atoms with Crippen LogP contribution in [-0.2, 0) is 24.3 Å². The first-order valence-corrected chi connectivity index (χ1v) is 7.27. The molecule has 0 saturated heterocycles. The lowest BCUT2D eigenvalue weighted by Crippen LogP contribution is -2.32. The molecule has 0 aliphatic carbocycles. The Morgan fingerprint density at radius 1 is 1.43 bits per heavy atom. The fourth-order valence-electron chi connectivity index (χ4n) is 2.82. The van der Waals surface area contributed by atoms with Crippen molar-refractivity contribution < 1.29 is 4.79 Å². The van der Waals surface area contributed by atoms with Crippen molar-refractivity contribution in [1.82, 2.24) is 29.9 Å². The van der Waals surface area contributed by atoms with Crippen LogP contribution < -0.4 is 5.32 Å². The van der Waals surface area contributed by atoms with E-state index in [-0.39, 0.29) is 18.5 Å². The molecule has 0 saturated carbocycles. The van der Waals surface area contributed by atoms with E-state index in [9.17, 15) is 4.79 Å². The zero-order chi connectivity index (χ0) is 15.0. The van der Waals surface area contributed by atoms with Crippen LogP contribution in [0.3, 0.4) is 0 Å². The Hall–Kier alpha value is -2.18. The molecule has 3 rings (SSSR count). The van der Waals surface area contributed by atoms with Crippen molar-refractivity contribution in [3.8, 4) is 0 Å². The van der Waals surface area contributed by atoms with Gasteiger partial charge in [0, 0.05) is 18.7 Å². The smallest absolute Gasteiger partial charge is 0.242 e. The van der Waals surface area contributed by atoms with Crippen molar-refractivity contribution in [3.05, 3.63) is 29.1 Å². The molecule has 1 amide bonds. The summed E-state index contributed by atoms with van der Waals surface area (Å²) in [5.41, 5.74) is 1.90. The van der Waals surface area contributed by atoms with Gasteiger partial charge >= 0.3 is 0 Å². The van der Waals surface area contributed by atoms with Crippen molar-refractivity contribution >= 4 is 5.91 Å². The summed E-state index contributed by atoms with van der Waals surface area (Å²) in [6.07, 6.45) is 2.07. The van der Waals surface area contributed by atoms with Gasteiger partial charge in [0.25, 0.3) is 0 Å². The van der Waals surface area contributed by atoms with E-state index in [1.807, 2.05) is 26.8 Å². The van der Waals surface area contributed by atoms with Gasteiger partial charge in [-0.25, -0.2) is 0 Å². The monoisotopic (exact) mass is 288 g/mol. The third-order valence-corrected chi connectivity index (χ3v) is 3.80. The van der Waals surface area contributed by atoms with E-state index < -0.39 is 0 Å². The summed E-state index contributed by atoms with van der Waals surface area (Å²) in [6, 6.07) is 1.82. The SMILES string of the molecule is Cc1cc(C)n(CC(=O)N[C@H](C)c2nnc3n2CCC3)n1. The van der Waals surface area contributed by atoms with Crippen LogP contribution in [0.5, 0.6) is 0 Å². The van der Waals surface area contributed by atoms with Crippen LogP contribution in [0, 0.1) is 13.8 Å². The van der Waals surface area contributed by atoms with Gasteiger partial charge in [-0.05, 0) is 33.3 Å². The Morgan fingerprint density at radius 2 is 2.24 bits per heavy atom. The summed E-state index contributed by atoms with van der Waals surface area (Å²) < 4.78 is 3.82. The molecule has 1 aliphatic heterocycles. The van der Waals surface area contributed by atoms with Gasteiger partial charge in [0.1, 0.15) is 12.4 Å². The number of nitrogens with one attached hydrogen (secondary N) is 1. The van der Waals surface area contributed by atoms with Crippen molar-refractivity contribution in [1.29, 1.82) is 0 Å². The minimum atomic E-state index is -0.145. The fourth-order valence-corrected chi connectivity index (χ4v) is 2.82. The summed E-state index contributed by atoms with van der Waals surface area (Å²) in [5.74, 6) is 1.79. The Labute approximate surface area is 123 Å². The van der Waals surface area contributed by atoms with E-state index in [1.54, 1.807) is 4.68 Å². The van der Waals surface area contributed by atoms with Crippen molar-refractivity contribution in [2.75, 3.05) is 0 Å². The van der Waals surface area contributed by atoms with Gasteiger partial charge in [-0.15, -0.1) is 10.2 Å². The molecule has 0 unspecified atom stereocenters. The highest BCUT2D eigenvalue weighted by atomic mass is 16.2. The van der Waals surface area contributed by atoms with Gasteiger partial charge < -0.3 is 9.88 Å². The molecule has 112 valence electrons. The Morgan fingerprint density at radius 3 is 2.95 bits per heavy atom. The van der Waals surface area contributed by atoms with Crippen molar-refractivity contribution in [2.45, 2.75) is 52.7 Å². The lowest BCUT2D eigenvalue weighted by molar-refractivity contribution is -0.122. The van der Waals surface area contributed by atoms with Crippen LogP contribution in [0.1, 0.15) is 42.4 Å². The predicted molar refractivity (Wildman–Crippen MR) is 76.6 cm³/mol. The second-order valence-corrected chi connectivity index (χ2v) is 5.60. The summed E-state index contributed by atoms with van der Waals surface area (Å²) in [5, 5.41) is 15.6. The van der Waals surface area contributed by atoms with E-state index in [1.165, 1.54) is 0 Å². The Balaban J connectivity index is 1.65. The highest BCUT2D eigenvalue weighted by Crippen LogP contribution is 2.18.